The molecular formula is C16H16BrNO2. The van der Waals surface area contributed by atoms with Gasteiger partial charge in [-0.05, 0) is 22.9 Å². The van der Waals surface area contributed by atoms with Gasteiger partial charge in [0, 0.05) is 17.4 Å². The molecule has 2 aromatic rings. The lowest BCUT2D eigenvalue weighted by molar-refractivity contribution is 0.00526. The molecule has 0 radical (unpaired) electrons. The van der Waals surface area contributed by atoms with Gasteiger partial charge in [0.05, 0.1) is 19.3 Å². The number of carbonyl (C=O) groups excluding carboxylic acids is 1. The van der Waals surface area contributed by atoms with Crippen LogP contribution in [0, 0.1) is 0 Å². The van der Waals surface area contributed by atoms with Crippen LogP contribution in [0.3, 0.4) is 0 Å². The molecule has 4 heteroatoms. The maximum absolute atomic E-state index is 12.7. The van der Waals surface area contributed by atoms with Gasteiger partial charge in [-0.15, -0.1) is 0 Å². The van der Waals surface area contributed by atoms with E-state index in [4.69, 9.17) is 4.74 Å². The molecule has 1 unspecified atom stereocenters. The summed E-state index contributed by atoms with van der Waals surface area (Å²) in [7, 11) is 0. The number of rotatable bonds is 2. The van der Waals surface area contributed by atoms with Gasteiger partial charge in [0.2, 0.25) is 0 Å². The van der Waals surface area contributed by atoms with Crippen molar-refractivity contribution in [2.45, 2.75) is 6.04 Å². The Hall–Kier alpha value is -1.39. The van der Waals surface area contributed by atoms with Crippen LogP contribution in [0.1, 0.15) is 10.4 Å². The van der Waals surface area contributed by atoms with Crippen molar-refractivity contribution >= 4 is 32.6 Å². The van der Waals surface area contributed by atoms with Crippen molar-refractivity contribution in [2.24, 2.45) is 0 Å². The molecule has 1 aliphatic rings. The number of fused-ring (bicyclic) bond motifs is 1. The minimum atomic E-state index is 0.0866. The standard InChI is InChI=1S/C16H16BrNO2/c17-10-15-11-20-8-7-18(15)16(19)14-6-5-12-3-1-2-4-13(12)9-14/h1-6,9,15H,7-8,10-11H2. The summed E-state index contributed by atoms with van der Waals surface area (Å²) in [5.74, 6) is 0.0866. The lowest BCUT2D eigenvalue weighted by atomic mass is 10.1. The third kappa shape index (κ3) is 2.58. The van der Waals surface area contributed by atoms with Gasteiger partial charge in [0.1, 0.15) is 0 Å². The maximum atomic E-state index is 12.7. The minimum absolute atomic E-state index is 0.0866. The monoisotopic (exact) mass is 333 g/mol. The molecule has 1 amide bonds. The molecule has 1 aliphatic heterocycles. The number of carbonyl (C=O) groups is 1. The average Bonchev–Trinajstić information content (AvgIpc) is 2.53. The SMILES string of the molecule is O=C(c1ccc2ccccc2c1)N1CCOCC1CBr. The summed E-state index contributed by atoms with van der Waals surface area (Å²) in [6, 6.07) is 14.1. The van der Waals surface area contributed by atoms with E-state index >= 15 is 0 Å². The summed E-state index contributed by atoms with van der Waals surface area (Å²) in [4.78, 5) is 14.6. The Kier molecular flexibility index (Phi) is 4.03. The molecule has 20 heavy (non-hydrogen) atoms. The van der Waals surface area contributed by atoms with E-state index in [1.807, 2.05) is 41.3 Å². The first-order valence-corrected chi connectivity index (χ1v) is 7.85. The second kappa shape index (κ2) is 5.94. The zero-order valence-electron chi connectivity index (χ0n) is 11.1. The molecule has 0 saturated carbocycles. The number of nitrogens with zero attached hydrogens (tertiary/aromatic N) is 1. The predicted molar refractivity (Wildman–Crippen MR) is 83.4 cm³/mol. The van der Waals surface area contributed by atoms with Crippen molar-refractivity contribution in [3.8, 4) is 0 Å². The molecule has 1 heterocycles. The fourth-order valence-electron chi connectivity index (χ4n) is 2.54. The van der Waals surface area contributed by atoms with Crippen LogP contribution in [-0.4, -0.2) is 41.9 Å². The second-order valence-electron chi connectivity index (χ2n) is 4.94. The summed E-state index contributed by atoms with van der Waals surface area (Å²) < 4.78 is 5.44. The molecule has 0 aromatic heterocycles. The van der Waals surface area contributed by atoms with Crippen molar-refractivity contribution in [3.05, 3.63) is 48.0 Å². The molecule has 0 spiro atoms. The largest absolute Gasteiger partial charge is 0.377 e. The third-order valence-electron chi connectivity index (χ3n) is 3.66. The van der Waals surface area contributed by atoms with Crippen molar-refractivity contribution in [3.63, 3.8) is 0 Å². The molecule has 1 saturated heterocycles. The molecule has 104 valence electrons. The van der Waals surface area contributed by atoms with Crippen molar-refractivity contribution in [1.29, 1.82) is 0 Å². The van der Waals surface area contributed by atoms with Crippen LogP contribution < -0.4 is 0 Å². The molecule has 1 atom stereocenters. The van der Waals surface area contributed by atoms with Crippen LogP contribution in [0.5, 0.6) is 0 Å². The molecule has 3 rings (SSSR count). The van der Waals surface area contributed by atoms with Crippen LogP contribution in [0.15, 0.2) is 42.5 Å². The van der Waals surface area contributed by atoms with Gasteiger partial charge in [0.15, 0.2) is 0 Å². The van der Waals surface area contributed by atoms with Crippen molar-refractivity contribution in [1.82, 2.24) is 4.90 Å². The van der Waals surface area contributed by atoms with Crippen LogP contribution in [0.25, 0.3) is 10.8 Å². The van der Waals surface area contributed by atoms with Crippen LogP contribution >= 0.6 is 15.9 Å². The van der Waals surface area contributed by atoms with Gasteiger partial charge < -0.3 is 9.64 Å². The van der Waals surface area contributed by atoms with Crippen LogP contribution in [0.2, 0.25) is 0 Å². The van der Waals surface area contributed by atoms with Crippen molar-refractivity contribution < 1.29 is 9.53 Å². The van der Waals surface area contributed by atoms with Gasteiger partial charge in [-0.1, -0.05) is 46.3 Å². The van der Waals surface area contributed by atoms with Crippen molar-refractivity contribution in [2.75, 3.05) is 25.1 Å². The molecule has 3 nitrogen and oxygen atoms in total. The number of morpholine rings is 1. The number of alkyl halides is 1. The Morgan fingerprint density at radius 1 is 1.25 bits per heavy atom. The quantitative estimate of drug-likeness (QED) is 0.790. The fourth-order valence-corrected chi connectivity index (χ4v) is 3.07. The molecule has 0 N–H and O–H groups in total. The average molecular weight is 334 g/mol. The lowest BCUT2D eigenvalue weighted by Crippen LogP contribution is -2.49. The first kappa shape index (κ1) is 13.6. The summed E-state index contributed by atoms with van der Waals surface area (Å²) in [5.41, 5.74) is 0.747. The predicted octanol–water partition coefficient (Wildman–Crippen LogP) is 3.08. The van der Waals surface area contributed by atoms with Crippen LogP contribution in [-0.2, 0) is 4.74 Å². The minimum Gasteiger partial charge on any atom is -0.377 e. The summed E-state index contributed by atoms with van der Waals surface area (Å²) in [6.07, 6.45) is 0. The number of hydrogen-bond donors (Lipinski definition) is 0. The highest BCUT2D eigenvalue weighted by Crippen LogP contribution is 2.19. The Morgan fingerprint density at radius 3 is 2.85 bits per heavy atom. The fraction of sp³-hybridized carbons (Fsp3) is 0.312. The Labute approximate surface area is 126 Å². The van der Waals surface area contributed by atoms with E-state index in [1.54, 1.807) is 0 Å². The van der Waals surface area contributed by atoms with E-state index < -0.39 is 0 Å². The number of ether oxygens (including phenoxy) is 1. The van der Waals surface area contributed by atoms with E-state index in [2.05, 4.69) is 22.0 Å². The maximum Gasteiger partial charge on any atom is 0.254 e. The topological polar surface area (TPSA) is 29.5 Å². The highest BCUT2D eigenvalue weighted by molar-refractivity contribution is 9.09. The van der Waals surface area contributed by atoms with E-state index in [1.165, 1.54) is 0 Å². The Balaban J connectivity index is 1.91. The number of amides is 1. The van der Waals surface area contributed by atoms with E-state index in [-0.39, 0.29) is 11.9 Å². The number of benzene rings is 2. The smallest absolute Gasteiger partial charge is 0.254 e. The van der Waals surface area contributed by atoms with Gasteiger partial charge >= 0.3 is 0 Å². The second-order valence-corrected chi connectivity index (χ2v) is 5.59. The zero-order valence-corrected chi connectivity index (χ0v) is 12.7. The van der Waals surface area contributed by atoms with E-state index in [0.717, 1.165) is 21.7 Å². The van der Waals surface area contributed by atoms with Gasteiger partial charge in [-0.3, -0.25) is 4.79 Å². The van der Waals surface area contributed by atoms with E-state index in [0.29, 0.717) is 19.8 Å². The first-order valence-electron chi connectivity index (χ1n) is 6.73. The highest BCUT2D eigenvalue weighted by Gasteiger charge is 2.27. The molecule has 2 aromatic carbocycles. The number of halogens is 1. The van der Waals surface area contributed by atoms with Crippen LogP contribution in [0.4, 0.5) is 0 Å². The van der Waals surface area contributed by atoms with Gasteiger partial charge in [-0.25, -0.2) is 0 Å². The first-order chi connectivity index (χ1) is 9.79. The molecular weight excluding hydrogens is 318 g/mol. The molecule has 0 bridgehead atoms. The van der Waals surface area contributed by atoms with Gasteiger partial charge in [-0.2, -0.15) is 0 Å². The van der Waals surface area contributed by atoms with Gasteiger partial charge in [0.25, 0.3) is 5.91 Å². The molecule has 0 aliphatic carbocycles. The lowest BCUT2D eigenvalue weighted by Gasteiger charge is -2.34. The molecule has 1 fully saturated rings. The van der Waals surface area contributed by atoms with E-state index in [9.17, 15) is 4.79 Å². The normalized spacial score (nSPS) is 19.2. The summed E-state index contributed by atoms with van der Waals surface area (Å²) in [5, 5.41) is 3.00. The zero-order chi connectivity index (χ0) is 13.9. The highest BCUT2D eigenvalue weighted by atomic mass is 79.9. The number of hydrogen-bond acceptors (Lipinski definition) is 2. The Bertz CT molecular complexity index is 629. The Morgan fingerprint density at radius 2 is 2.05 bits per heavy atom. The summed E-state index contributed by atoms with van der Waals surface area (Å²) in [6.45, 7) is 1.87. The summed E-state index contributed by atoms with van der Waals surface area (Å²) >= 11 is 3.46. The third-order valence-corrected chi connectivity index (χ3v) is 4.41.